The maximum atomic E-state index is 14.4. The molecule has 3 heterocycles. The van der Waals surface area contributed by atoms with Gasteiger partial charge in [0.1, 0.15) is 11.4 Å². The van der Waals surface area contributed by atoms with Crippen molar-refractivity contribution < 1.29 is 41.8 Å². The summed E-state index contributed by atoms with van der Waals surface area (Å²) >= 11 is 0. The van der Waals surface area contributed by atoms with Gasteiger partial charge in [0.05, 0.1) is 12.6 Å². The number of rotatable bonds is 7. The van der Waals surface area contributed by atoms with Crippen LogP contribution >= 0.6 is 0 Å². The van der Waals surface area contributed by atoms with E-state index in [2.05, 4.69) is 11.8 Å². The lowest BCUT2D eigenvalue weighted by atomic mass is 9.81. The Hall–Kier alpha value is -3.67. The standard InChI is InChI=1S/C32H42FN3O3.C2HF3O2/c1-4-5-13-28-32(39-31(38)36(28)22-25-11-6-7-12-27(25)33)16-20-34(21-17-32)26-14-18-35(19-15-26)30(37)29-23(2)9-8-10-24(29)3;3-2(4,5)1(6)7/h6-12,26,28H,4-5,13-22H2,1-3H3;(H,6,7). The van der Waals surface area contributed by atoms with E-state index in [0.29, 0.717) is 11.6 Å². The van der Waals surface area contributed by atoms with Crippen LogP contribution in [0, 0.1) is 19.7 Å². The minimum absolute atomic E-state index is 0.0384. The third-order valence-electron chi connectivity index (χ3n) is 9.49. The van der Waals surface area contributed by atoms with Gasteiger partial charge in [-0.2, -0.15) is 13.2 Å². The number of halogens is 4. The van der Waals surface area contributed by atoms with E-state index in [1.165, 1.54) is 6.07 Å². The second-order valence-corrected chi connectivity index (χ2v) is 12.4. The largest absolute Gasteiger partial charge is 0.490 e. The first-order valence-electron chi connectivity index (χ1n) is 15.9. The van der Waals surface area contributed by atoms with Crippen molar-refractivity contribution in [3.8, 4) is 0 Å². The Bertz CT molecular complexity index is 1360. The Balaban J connectivity index is 0.000000617. The molecular weight excluding hydrogens is 606 g/mol. The average Bonchev–Trinajstić information content (AvgIpc) is 3.26. The molecule has 252 valence electrons. The molecule has 3 saturated heterocycles. The zero-order valence-electron chi connectivity index (χ0n) is 26.6. The van der Waals surface area contributed by atoms with Gasteiger partial charge in [-0.3, -0.25) is 14.6 Å². The summed E-state index contributed by atoms with van der Waals surface area (Å²) < 4.78 is 52.3. The van der Waals surface area contributed by atoms with Crippen LogP contribution in [0.25, 0.3) is 0 Å². The summed E-state index contributed by atoms with van der Waals surface area (Å²) in [6.45, 7) is 9.71. The van der Waals surface area contributed by atoms with Crippen molar-refractivity contribution >= 4 is 18.0 Å². The molecule has 5 rings (SSSR count). The van der Waals surface area contributed by atoms with Crippen LogP contribution in [0.1, 0.15) is 78.9 Å². The van der Waals surface area contributed by atoms with Crippen LogP contribution in [0.4, 0.5) is 22.4 Å². The summed E-state index contributed by atoms with van der Waals surface area (Å²) in [5.74, 6) is -2.89. The van der Waals surface area contributed by atoms with E-state index in [1.807, 2.05) is 43.0 Å². The minimum atomic E-state index is -5.08. The summed E-state index contributed by atoms with van der Waals surface area (Å²) in [6, 6.07) is 13.1. The average molecular weight is 650 g/mol. The first-order chi connectivity index (χ1) is 21.8. The smallest absolute Gasteiger partial charge is 0.475 e. The van der Waals surface area contributed by atoms with Crippen molar-refractivity contribution in [1.82, 2.24) is 14.7 Å². The van der Waals surface area contributed by atoms with Gasteiger partial charge in [-0.05, 0) is 50.3 Å². The van der Waals surface area contributed by atoms with Crippen LogP contribution in [0.2, 0.25) is 0 Å². The van der Waals surface area contributed by atoms with Crippen LogP contribution in [-0.2, 0) is 16.1 Å². The molecule has 2 amide bonds. The fraction of sp³-hybridized carbons (Fsp3) is 0.559. The number of piperidine rings is 2. The van der Waals surface area contributed by atoms with E-state index in [4.69, 9.17) is 14.6 Å². The number of carboxylic acid groups (broad SMARTS) is 1. The van der Waals surface area contributed by atoms with Gasteiger partial charge in [-0.15, -0.1) is 0 Å². The highest BCUT2D eigenvalue weighted by molar-refractivity contribution is 5.97. The number of carboxylic acids is 1. The molecule has 46 heavy (non-hydrogen) atoms. The summed E-state index contributed by atoms with van der Waals surface area (Å²) in [7, 11) is 0. The Labute approximate surface area is 267 Å². The van der Waals surface area contributed by atoms with E-state index in [-0.39, 0.29) is 30.4 Å². The van der Waals surface area contributed by atoms with Crippen molar-refractivity contribution in [3.63, 3.8) is 0 Å². The number of hydrogen-bond donors (Lipinski definition) is 1. The van der Waals surface area contributed by atoms with Gasteiger partial charge in [0.2, 0.25) is 0 Å². The maximum absolute atomic E-state index is 14.4. The maximum Gasteiger partial charge on any atom is 0.490 e. The Morgan fingerprint density at radius 2 is 1.57 bits per heavy atom. The van der Waals surface area contributed by atoms with E-state index in [0.717, 1.165) is 87.8 Å². The van der Waals surface area contributed by atoms with Gasteiger partial charge < -0.3 is 14.7 Å². The number of aliphatic carboxylic acids is 1. The SMILES string of the molecule is CCCCC1N(Cc2ccccc2F)C(=O)OC12CCN(C1CCN(C(=O)c3c(C)cccc3C)CC1)CC2.O=C(O)C(F)(F)F. The van der Waals surface area contributed by atoms with Crippen molar-refractivity contribution in [2.75, 3.05) is 26.2 Å². The quantitative estimate of drug-likeness (QED) is 0.335. The Kier molecular flexibility index (Phi) is 11.3. The number of nitrogens with zero attached hydrogens (tertiary/aromatic N) is 3. The number of ether oxygens (including phenoxy) is 1. The number of unbranched alkanes of at least 4 members (excludes halogenated alkanes) is 1. The number of alkyl halides is 3. The highest BCUT2D eigenvalue weighted by Crippen LogP contribution is 2.42. The zero-order chi connectivity index (χ0) is 33.6. The van der Waals surface area contributed by atoms with Gasteiger partial charge in [0.25, 0.3) is 5.91 Å². The monoisotopic (exact) mass is 649 g/mol. The summed E-state index contributed by atoms with van der Waals surface area (Å²) in [4.78, 5) is 41.6. The second-order valence-electron chi connectivity index (χ2n) is 12.4. The third kappa shape index (κ3) is 8.00. The van der Waals surface area contributed by atoms with Crippen LogP contribution in [0.5, 0.6) is 0 Å². The summed E-state index contributed by atoms with van der Waals surface area (Å²) in [5, 5.41) is 7.12. The minimum Gasteiger partial charge on any atom is -0.475 e. The van der Waals surface area contributed by atoms with E-state index < -0.39 is 17.7 Å². The number of carbonyl (C=O) groups excluding carboxylic acids is 2. The van der Waals surface area contributed by atoms with Crippen molar-refractivity contribution in [2.24, 2.45) is 0 Å². The number of aryl methyl sites for hydroxylation is 2. The van der Waals surface area contributed by atoms with Crippen molar-refractivity contribution in [2.45, 2.75) is 96.1 Å². The first kappa shape index (κ1) is 35.2. The molecule has 2 aromatic rings. The molecule has 3 aliphatic rings. The van der Waals surface area contributed by atoms with Crippen LogP contribution in [-0.4, -0.2) is 87.8 Å². The Morgan fingerprint density at radius 1 is 0.978 bits per heavy atom. The summed E-state index contributed by atoms with van der Waals surface area (Å²) in [6.07, 6.45) is 1.03. The molecule has 1 N–H and O–H groups in total. The van der Waals surface area contributed by atoms with Gasteiger partial charge in [-0.1, -0.05) is 56.2 Å². The normalized spacial score (nSPS) is 20.3. The molecule has 0 aromatic heterocycles. The van der Waals surface area contributed by atoms with Gasteiger partial charge >= 0.3 is 18.2 Å². The van der Waals surface area contributed by atoms with Gasteiger partial charge in [-0.25, -0.2) is 14.0 Å². The van der Waals surface area contributed by atoms with Crippen molar-refractivity contribution in [3.05, 3.63) is 70.5 Å². The number of likely N-dealkylation sites (tertiary alicyclic amines) is 2. The predicted octanol–water partition coefficient (Wildman–Crippen LogP) is 6.73. The molecule has 0 aliphatic carbocycles. The highest BCUT2D eigenvalue weighted by atomic mass is 19.4. The van der Waals surface area contributed by atoms with E-state index in [1.54, 1.807) is 17.0 Å². The van der Waals surface area contributed by atoms with Crippen LogP contribution in [0.3, 0.4) is 0 Å². The molecule has 3 fully saturated rings. The molecule has 1 atom stereocenters. The molecule has 2 aromatic carbocycles. The lowest BCUT2D eigenvalue weighted by molar-refractivity contribution is -0.192. The van der Waals surface area contributed by atoms with Crippen LogP contribution < -0.4 is 0 Å². The first-order valence-corrected chi connectivity index (χ1v) is 15.9. The molecule has 1 unspecified atom stereocenters. The van der Waals surface area contributed by atoms with Gasteiger partial charge in [0.15, 0.2) is 0 Å². The highest BCUT2D eigenvalue weighted by Gasteiger charge is 2.55. The number of benzene rings is 2. The number of carbonyl (C=O) groups is 3. The topological polar surface area (TPSA) is 90.4 Å². The molecule has 1 spiro atoms. The van der Waals surface area contributed by atoms with Crippen molar-refractivity contribution in [1.29, 1.82) is 0 Å². The second kappa shape index (κ2) is 14.8. The van der Waals surface area contributed by atoms with Gasteiger partial charge in [0, 0.05) is 56.2 Å². The van der Waals surface area contributed by atoms with Crippen LogP contribution in [0.15, 0.2) is 42.5 Å². The lowest BCUT2D eigenvalue weighted by Crippen LogP contribution is -2.56. The fourth-order valence-electron chi connectivity index (χ4n) is 6.96. The molecule has 3 aliphatic heterocycles. The Morgan fingerprint density at radius 3 is 2.11 bits per heavy atom. The molecule has 0 saturated carbocycles. The zero-order valence-corrected chi connectivity index (χ0v) is 26.6. The van der Waals surface area contributed by atoms with E-state index >= 15 is 0 Å². The molecule has 8 nitrogen and oxygen atoms in total. The third-order valence-corrected chi connectivity index (χ3v) is 9.49. The fourth-order valence-corrected chi connectivity index (χ4v) is 6.96. The van der Waals surface area contributed by atoms with E-state index in [9.17, 15) is 27.2 Å². The summed E-state index contributed by atoms with van der Waals surface area (Å²) in [5.41, 5.74) is 2.95. The molecular formula is C34H43F4N3O5. The molecule has 0 bridgehead atoms. The number of hydrogen-bond acceptors (Lipinski definition) is 5. The molecule has 0 radical (unpaired) electrons. The predicted molar refractivity (Wildman–Crippen MR) is 164 cm³/mol. The number of amides is 2. The lowest BCUT2D eigenvalue weighted by Gasteiger charge is -2.46. The molecule has 12 heteroatoms.